The van der Waals surface area contributed by atoms with Gasteiger partial charge in [0.15, 0.2) is 0 Å². The zero-order valence-corrected chi connectivity index (χ0v) is 14.3. The van der Waals surface area contributed by atoms with Crippen molar-refractivity contribution in [1.29, 1.82) is 0 Å². The minimum absolute atomic E-state index is 0.796. The molecular formula is C23H23N. The molecule has 3 aromatic carbocycles. The molecule has 3 rings (SSSR count). The van der Waals surface area contributed by atoms with Crippen LogP contribution in [0.1, 0.15) is 29.2 Å². The molecule has 2 N–H and O–H groups in total. The maximum Gasteiger partial charge on any atom is 0.0317 e. The summed E-state index contributed by atoms with van der Waals surface area (Å²) in [5.74, 6) is 0. The summed E-state index contributed by atoms with van der Waals surface area (Å²) in [6.07, 6.45) is 1.01. The van der Waals surface area contributed by atoms with E-state index in [-0.39, 0.29) is 0 Å². The van der Waals surface area contributed by atoms with Crippen LogP contribution in [-0.4, -0.2) is 0 Å². The van der Waals surface area contributed by atoms with Crippen molar-refractivity contribution in [3.8, 4) is 11.1 Å². The smallest absolute Gasteiger partial charge is 0.0317 e. The Morgan fingerprint density at radius 1 is 0.917 bits per heavy atom. The van der Waals surface area contributed by atoms with Crippen LogP contribution in [0.4, 0.5) is 5.69 Å². The van der Waals surface area contributed by atoms with E-state index >= 15 is 0 Å². The van der Waals surface area contributed by atoms with Gasteiger partial charge in [0, 0.05) is 5.69 Å². The number of hydrogen-bond acceptors (Lipinski definition) is 1. The van der Waals surface area contributed by atoms with Gasteiger partial charge < -0.3 is 5.73 Å². The van der Waals surface area contributed by atoms with E-state index in [9.17, 15) is 0 Å². The first-order valence-corrected chi connectivity index (χ1v) is 8.34. The summed E-state index contributed by atoms with van der Waals surface area (Å²) in [5.41, 5.74) is 15.0. The summed E-state index contributed by atoms with van der Waals surface area (Å²) >= 11 is 0. The summed E-state index contributed by atoms with van der Waals surface area (Å²) in [6.45, 7) is 8.66. The maximum atomic E-state index is 5.92. The minimum Gasteiger partial charge on any atom is -0.399 e. The van der Waals surface area contributed by atoms with Crippen molar-refractivity contribution in [3.05, 3.63) is 95.6 Å². The van der Waals surface area contributed by atoms with Gasteiger partial charge in [-0.1, -0.05) is 68.1 Å². The highest BCUT2D eigenvalue weighted by atomic mass is 14.5. The first-order valence-electron chi connectivity index (χ1n) is 8.34. The normalized spacial score (nSPS) is 10.6. The largest absolute Gasteiger partial charge is 0.399 e. The first kappa shape index (κ1) is 16.1. The molecule has 0 aliphatic heterocycles. The summed E-state index contributed by atoms with van der Waals surface area (Å²) in [4.78, 5) is 0. The molecule has 0 aliphatic carbocycles. The molecular weight excluding hydrogens is 290 g/mol. The van der Waals surface area contributed by atoms with Crippen molar-refractivity contribution >= 4 is 11.3 Å². The Kier molecular flexibility index (Phi) is 4.52. The highest BCUT2D eigenvalue weighted by Gasteiger charge is 2.12. The van der Waals surface area contributed by atoms with Crippen LogP contribution in [0.3, 0.4) is 0 Å². The standard InChI is InChI=1S/C23H23N/c1-4-18-10-12-22(21-13-11-20(24)14-16(21)2)23(15-18)17(3)19-8-6-5-7-9-19/h5-15H,3-4,24H2,1-2H3. The third kappa shape index (κ3) is 3.11. The summed E-state index contributed by atoms with van der Waals surface area (Å²) < 4.78 is 0. The molecule has 1 nitrogen and oxygen atoms in total. The van der Waals surface area contributed by atoms with Crippen LogP contribution in [0.2, 0.25) is 0 Å². The van der Waals surface area contributed by atoms with Gasteiger partial charge in [-0.3, -0.25) is 0 Å². The number of nitrogens with two attached hydrogens (primary N) is 1. The third-order valence-corrected chi connectivity index (χ3v) is 4.48. The Morgan fingerprint density at radius 2 is 1.62 bits per heavy atom. The summed E-state index contributed by atoms with van der Waals surface area (Å²) in [5, 5.41) is 0. The lowest BCUT2D eigenvalue weighted by Crippen LogP contribution is -1.96. The first-order chi connectivity index (χ1) is 11.6. The lowest BCUT2D eigenvalue weighted by atomic mass is 9.88. The number of rotatable bonds is 4. The Balaban J connectivity index is 2.18. The van der Waals surface area contributed by atoms with Crippen LogP contribution >= 0.6 is 0 Å². The second-order valence-electron chi connectivity index (χ2n) is 6.15. The number of nitrogen functional groups attached to an aromatic ring is 1. The van der Waals surface area contributed by atoms with Crippen LogP contribution in [-0.2, 0) is 6.42 Å². The van der Waals surface area contributed by atoms with Crippen molar-refractivity contribution in [1.82, 2.24) is 0 Å². The van der Waals surface area contributed by atoms with E-state index < -0.39 is 0 Å². The van der Waals surface area contributed by atoms with Gasteiger partial charge in [-0.2, -0.15) is 0 Å². The van der Waals surface area contributed by atoms with Crippen molar-refractivity contribution in [2.45, 2.75) is 20.3 Å². The monoisotopic (exact) mass is 313 g/mol. The predicted molar refractivity (Wildman–Crippen MR) is 105 cm³/mol. The number of anilines is 1. The van der Waals surface area contributed by atoms with Gasteiger partial charge in [0.25, 0.3) is 0 Å². The molecule has 0 unspecified atom stereocenters. The van der Waals surface area contributed by atoms with Gasteiger partial charge in [0.2, 0.25) is 0 Å². The zero-order valence-electron chi connectivity index (χ0n) is 14.3. The highest BCUT2D eigenvalue weighted by molar-refractivity contribution is 5.89. The molecule has 0 radical (unpaired) electrons. The number of hydrogen-bond donors (Lipinski definition) is 1. The molecule has 0 heterocycles. The topological polar surface area (TPSA) is 26.0 Å². The molecule has 3 aromatic rings. The Hall–Kier alpha value is -2.80. The summed E-state index contributed by atoms with van der Waals surface area (Å²) in [6, 6.07) is 23.1. The number of benzene rings is 3. The molecule has 0 saturated carbocycles. The fourth-order valence-corrected chi connectivity index (χ4v) is 3.08. The maximum absolute atomic E-state index is 5.92. The molecule has 0 bridgehead atoms. The van der Waals surface area contributed by atoms with E-state index in [0.29, 0.717) is 0 Å². The van der Waals surface area contributed by atoms with Crippen LogP contribution in [0.25, 0.3) is 16.7 Å². The highest BCUT2D eigenvalue weighted by Crippen LogP contribution is 2.35. The van der Waals surface area contributed by atoms with Gasteiger partial charge in [-0.05, 0) is 64.4 Å². The fourth-order valence-electron chi connectivity index (χ4n) is 3.08. The molecule has 24 heavy (non-hydrogen) atoms. The van der Waals surface area contributed by atoms with E-state index in [1.165, 1.54) is 27.8 Å². The van der Waals surface area contributed by atoms with Crippen LogP contribution in [0, 0.1) is 6.92 Å². The van der Waals surface area contributed by atoms with Crippen molar-refractivity contribution < 1.29 is 0 Å². The van der Waals surface area contributed by atoms with E-state index in [2.05, 4.69) is 69.0 Å². The van der Waals surface area contributed by atoms with Crippen LogP contribution in [0.5, 0.6) is 0 Å². The molecule has 120 valence electrons. The fraction of sp³-hybridized carbons (Fsp3) is 0.130. The molecule has 0 aliphatic rings. The van der Waals surface area contributed by atoms with E-state index in [1.54, 1.807) is 0 Å². The lowest BCUT2D eigenvalue weighted by Gasteiger charge is -2.16. The average molecular weight is 313 g/mol. The van der Waals surface area contributed by atoms with Crippen LogP contribution in [0.15, 0.2) is 73.3 Å². The van der Waals surface area contributed by atoms with E-state index in [1.807, 2.05) is 18.2 Å². The zero-order chi connectivity index (χ0) is 17.1. The van der Waals surface area contributed by atoms with Crippen molar-refractivity contribution in [2.75, 3.05) is 5.73 Å². The molecule has 0 aromatic heterocycles. The molecule has 0 saturated heterocycles. The van der Waals surface area contributed by atoms with Gasteiger partial charge >= 0.3 is 0 Å². The van der Waals surface area contributed by atoms with Gasteiger partial charge in [0.1, 0.15) is 0 Å². The van der Waals surface area contributed by atoms with Crippen LogP contribution < -0.4 is 5.73 Å². The molecule has 0 atom stereocenters. The quantitative estimate of drug-likeness (QED) is 0.599. The average Bonchev–Trinajstić information content (AvgIpc) is 2.61. The van der Waals surface area contributed by atoms with E-state index in [4.69, 9.17) is 5.73 Å². The van der Waals surface area contributed by atoms with Crippen molar-refractivity contribution in [2.24, 2.45) is 0 Å². The second kappa shape index (κ2) is 6.76. The Labute approximate surface area is 144 Å². The van der Waals surface area contributed by atoms with E-state index in [0.717, 1.165) is 23.2 Å². The third-order valence-electron chi connectivity index (χ3n) is 4.48. The lowest BCUT2D eigenvalue weighted by molar-refractivity contribution is 1.14. The molecule has 0 amide bonds. The Morgan fingerprint density at radius 3 is 2.29 bits per heavy atom. The number of aryl methyl sites for hydroxylation is 2. The van der Waals surface area contributed by atoms with Gasteiger partial charge in [-0.15, -0.1) is 0 Å². The van der Waals surface area contributed by atoms with Gasteiger partial charge in [-0.25, -0.2) is 0 Å². The Bertz CT molecular complexity index is 876. The SMILES string of the molecule is C=C(c1ccccc1)c1cc(CC)ccc1-c1ccc(N)cc1C. The summed E-state index contributed by atoms with van der Waals surface area (Å²) in [7, 11) is 0. The molecule has 0 spiro atoms. The predicted octanol–water partition coefficient (Wildman–Crippen LogP) is 5.87. The minimum atomic E-state index is 0.796. The van der Waals surface area contributed by atoms with Gasteiger partial charge in [0.05, 0.1) is 0 Å². The second-order valence-corrected chi connectivity index (χ2v) is 6.15. The molecule has 1 heteroatoms. The molecule has 0 fully saturated rings. The van der Waals surface area contributed by atoms with Crippen molar-refractivity contribution in [3.63, 3.8) is 0 Å².